The van der Waals surface area contributed by atoms with Gasteiger partial charge in [0.15, 0.2) is 11.5 Å². The second-order valence-electron chi connectivity index (χ2n) is 7.34. The van der Waals surface area contributed by atoms with Crippen LogP contribution in [0.5, 0.6) is 17.2 Å². The van der Waals surface area contributed by atoms with Gasteiger partial charge in [-0.25, -0.2) is 0 Å². The highest BCUT2D eigenvalue weighted by Gasteiger charge is 2.29. The third kappa shape index (κ3) is 5.17. The van der Waals surface area contributed by atoms with Gasteiger partial charge in [-0.15, -0.1) is 0 Å². The van der Waals surface area contributed by atoms with Gasteiger partial charge in [-0.3, -0.25) is 10.2 Å². The zero-order valence-electron chi connectivity index (χ0n) is 18.9. The monoisotopic (exact) mass is 448 g/mol. The van der Waals surface area contributed by atoms with Crippen LogP contribution in [0.2, 0.25) is 0 Å². The number of amides is 1. The zero-order chi connectivity index (χ0) is 24.0. The molecule has 0 aliphatic carbocycles. The Morgan fingerprint density at radius 3 is 1.94 bits per heavy atom. The van der Waals surface area contributed by atoms with Crippen molar-refractivity contribution in [3.8, 4) is 17.2 Å². The van der Waals surface area contributed by atoms with Crippen molar-refractivity contribution < 1.29 is 19.0 Å². The van der Waals surface area contributed by atoms with Gasteiger partial charge in [-0.05, 0) is 47.5 Å². The first-order valence-corrected chi connectivity index (χ1v) is 10.2. The molecule has 1 unspecified atom stereocenters. The lowest BCUT2D eigenvalue weighted by atomic mass is 10.0. The second kappa shape index (κ2) is 10.4. The van der Waals surface area contributed by atoms with Crippen molar-refractivity contribution in [1.82, 2.24) is 0 Å². The summed E-state index contributed by atoms with van der Waals surface area (Å²) in [6, 6.07) is 19.5. The Morgan fingerprint density at radius 1 is 0.909 bits per heavy atom. The molecule has 0 saturated heterocycles. The number of rotatable bonds is 10. The van der Waals surface area contributed by atoms with E-state index in [4.69, 9.17) is 31.1 Å². The lowest BCUT2D eigenvalue weighted by molar-refractivity contribution is -0.119. The van der Waals surface area contributed by atoms with E-state index >= 15 is 0 Å². The summed E-state index contributed by atoms with van der Waals surface area (Å²) >= 11 is 0. The minimum absolute atomic E-state index is 0.0350. The van der Waals surface area contributed by atoms with E-state index in [0.717, 1.165) is 11.3 Å². The smallest absolute Gasteiger partial charge is 0.244 e. The number of carbonyl (C=O) groups excluding carboxylic acids is 1. The Morgan fingerprint density at radius 2 is 1.48 bits per heavy atom. The Kier molecular flexibility index (Phi) is 7.40. The number of amidine groups is 1. The summed E-state index contributed by atoms with van der Waals surface area (Å²) < 4.78 is 16.4. The van der Waals surface area contributed by atoms with Gasteiger partial charge >= 0.3 is 0 Å². The molecule has 0 fully saturated rings. The van der Waals surface area contributed by atoms with Gasteiger partial charge < -0.3 is 30.6 Å². The molecule has 0 spiro atoms. The van der Waals surface area contributed by atoms with Gasteiger partial charge in [0, 0.05) is 17.8 Å². The van der Waals surface area contributed by atoms with Crippen LogP contribution >= 0.6 is 0 Å². The molecule has 8 nitrogen and oxygen atoms in total. The van der Waals surface area contributed by atoms with Gasteiger partial charge in [0.25, 0.3) is 0 Å². The van der Waals surface area contributed by atoms with Gasteiger partial charge in [0.05, 0.1) is 21.3 Å². The van der Waals surface area contributed by atoms with Gasteiger partial charge in [-0.1, -0.05) is 30.3 Å². The molecule has 1 amide bonds. The molecule has 172 valence electrons. The van der Waals surface area contributed by atoms with Crippen LogP contribution in [0.1, 0.15) is 22.7 Å². The topological polar surface area (TPSA) is 124 Å². The average molecular weight is 449 g/mol. The summed E-state index contributed by atoms with van der Waals surface area (Å²) in [5.41, 5.74) is 14.5. The highest BCUT2D eigenvalue weighted by Crippen LogP contribution is 2.41. The second-order valence-corrected chi connectivity index (χ2v) is 7.34. The summed E-state index contributed by atoms with van der Waals surface area (Å²) in [4.78, 5) is 14.7. The molecular weight excluding hydrogens is 420 g/mol. The van der Waals surface area contributed by atoms with Crippen LogP contribution in [0.15, 0.2) is 66.7 Å². The number of nitrogens with one attached hydrogen (secondary N) is 1. The lowest BCUT2D eigenvalue weighted by Gasteiger charge is -2.33. The fraction of sp³-hybridized carbons (Fsp3) is 0.200. The van der Waals surface area contributed by atoms with Crippen molar-refractivity contribution in [3.63, 3.8) is 0 Å². The van der Waals surface area contributed by atoms with E-state index in [0.29, 0.717) is 34.9 Å². The molecule has 33 heavy (non-hydrogen) atoms. The largest absolute Gasteiger partial charge is 0.493 e. The van der Waals surface area contributed by atoms with Crippen LogP contribution in [-0.2, 0) is 11.3 Å². The molecule has 3 aromatic carbocycles. The van der Waals surface area contributed by atoms with Crippen LogP contribution < -0.4 is 30.6 Å². The number of benzene rings is 3. The highest BCUT2D eigenvalue weighted by molar-refractivity contribution is 5.95. The molecule has 0 aliphatic rings. The van der Waals surface area contributed by atoms with E-state index in [-0.39, 0.29) is 5.84 Å². The molecule has 0 heterocycles. The Balaban J connectivity index is 2.16. The Hall–Kier alpha value is -4.20. The normalized spacial score (nSPS) is 11.4. The van der Waals surface area contributed by atoms with Gasteiger partial charge in [0.2, 0.25) is 11.7 Å². The molecule has 8 heteroatoms. The number of hydrogen-bond donors (Lipinski definition) is 3. The third-order valence-corrected chi connectivity index (χ3v) is 5.29. The fourth-order valence-corrected chi connectivity index (χ4v) is 3.70. The number of primary amides is 1. The van der Waals surface area contributed by atoms with Crippen molar-refractivity contribution in [2.75, 3.05) is 26.2 Å². The number of carbonyl (C=O) groups is 1. The van der Waals surface area contributed by atoms with Crippen LogP contribution in [-0.4, -0.2) is 33.1 Å². The number of hydrogen-bond acceptors (Lipinski definition) is 6. The van der Waals surface area contributed by atoms with Crippen molar-refractivity contribution in [2.24, 2.45) is 11.5 Å². The number of nitrogens with two attached hydrogens (primary N) is 2. The number of ether oxygens (including phenoxy) is 3. The fourth-order valence-electron chi connectivity index (χ4n) is 3.70. The predicted octanol–water partition coefficient (Wildman–Crippen LogP) is 3.23. The average Bonchev–Trinajstić information content (AvgIpc) is 2.83. The maximum atomic E-state index is 12.8. The highest BCUT2D eigenvalue weighted by atomic mass is 16.5. The minimum atomic E-state index is -0.845. The number of nitrogen functional groups attached to an aromatic ring is 1. The van der Waals surface area contributed by atoms with Crippen LogP contribution in [0.3, 0.4) is 0 Å². The summed E-state index contributed by atoms with van der Waals surface area (Å²) in [5.74, 6) is 0.685. The first-order valence-electron chi connectivity index (χ1n) is 10.2. The molecule has 0 radical (unpaired) electrons. The van der Waals surface area contributed by atoms with Gasteiger partial charge in [-0.2, -0.15) is 0 Å². The summed E-state index contributed by atoms with van der Waals surface area (Å²) in [6.45, 7) is 0.407. The molecule has 0 aliphatic heterocycles. The molecular formula is C25H28N4O4. The third-order valence-electron chi connectivity index (χ3n) is 5.29. The molecule has 5 N–H and O–H groups in total. The molecule has 3 rings (SSSR count). The van der Waals surface area contributed by atoms with E-state index < -0.39 is 11.9 Å². The van der Waals surface area contributed by atoms with Gasteiger partial charge in [0.1, 0.15) is 11.9 Å². The first-order chi connectivity index (χ1) is 15.9. The minimum Gasteiger partial charge on any atom is -0.493 e. The summed E-state index contributed by atoms with van der Waals surface area (Å²) in [7, 11) is 4.55. The summed E-state index contributed by atoms with van der Waals surface area (Å²) in [6.07, 6.45) is 0. The molecule has 0 saturated carbocycles. The van der Waals surface area contributed by atoms with Crippen molar-refractivity contribution >= 4 is 17.4 Å². The Bertz CT molecular complexity index is 1090. The van der Waals surface area contributed by atoms with E-state index in [9.17, 15) is 4.79 Å². The first kappa shape index (κ1) is 23.5. The lowest BCUT2D eigenvalue weighted by Crippen LogP contribution is -2.37. The summed E-state index contributed by atoms with van der Waals surface area (Å²) in [5, 5.41) is 7.66. The van der Waals surface area contributed by atoms with Crippen molar-refractivity contribution in [1.29, 1.82) is 5.41 Å². The van der Waals surface area contributed by atoms with E-state index in [1.54, 1.807) is 24.3 Å². The van der Waals surface area contributed by atoms with Crippen molar-refractivity contribution in [3.05, 3.63) is 83.4 Å². The van der Waals surface area contributed by atoms with Crippen molar-refractivity contribution in [2.45, 2.75) is 12.6 Å². The Labute approximate surface area is 193 Å². The number of anilines is 1. The van der Waals surface area contributed by atoms with E-state index in [2.05, 4.69) is 0 Å². The molecule has 0 bridgehead atoms. The molecule has 0 aromatic heterocycles. The molecule has 3 aromatic rings. The van der Waals surface area contributed by atoms with E-state index in [1.807, 2.05) is 47.4 Å². The zero-order valence-corrected chi connectivity index (χ0v) is 18.9. The SMILES string of the molecule is COc1cc(C(C(N)=O)N(Cc2ccccc2)c2ccc(C(=N)N)cc2)cc(OC)c1OC. The van der Waals surface area contributed by atoms with E-state index in [1.165, 1.54) is 21.3 Å². The molecule has 1 atom stereocenters. The number of methoxy groups -OCH3 is 3. The maximum Gasteiger partial charge on any atom is 0.244 e. The quantitative estimate of drug-likeness (QED) is 0.323. The number of nitrogens with zero attached hydrogens (tertiary/aromatic N) is 1. The predicted molar refractivity (Wildman–Crippen MR) is 128 cm³/mol. The standard InChI is InChI=1S/C25H28N4O4/c1-31-20-13-18(14-21(32-2)23(20)33-3)22(25(28)30)29(15-16-7-5-4-6-8-16)19-11-9-17(10-12-19)24(26)27/h4-14,22H,15H2,1-3H3,(H3,26,27)(H2,28,30). The van der Waals surface area contributed by atoms with Crippen LogP contribution in [0.4, 0.5) is 5.69 Å². The van der Waals surface area contributed by atoms with Crippen LogP contribution in [0.25, 0.3) is 0 Å². The maximum absolute atomic E-state index is 12.8. The van der Waals surface area contributed by atoms with Crippen LogP contribution in [0, 0.1) is 5.41 Å².